The number of methoxy groups -OCH3 is 1. The number of nitrogens with zero attached hydrogens (tertiary/aromatic N) is 1. The van der Waals surface area contributed by atoms with E-state index in [1.54, 1.807) is 6.92 Å². The third-order valence-corrected chi connectivity index (χ3v) is 6.12. The third-order valence-electron chi connectivity index (χ3n) is 3.46. The van der Waals surface area contributed by atoms with E-state index in [2.05, 4.69) is 4.72 Å². The van der Waals surface area contributed by atoms with Gasteiger partial charge in [-0.3, -0.25) is 10.1 Å². The van der Waals surface area contributed by atoms with Crippen LogP contribution in [0.3, 0.4) is 0 Å². The predicted molar refractivity (Wildman–Crippen MR) is 100 cm³/mol. The van der Waals surface area contributed by atoms with Crippen LogP contribution >= 0.6 is 11.8 Å². The van der Waals surface area contributed by atoms with Gasteiger partial charge in [-0.15, -0.1) is 0 Å². The molecule has 0 saturated carbocycles. The largest absolute Gasteiger partial charge is 0.383 e. The first-order valence-electron chi connectivity index (χ1n) is 7.77. The maximum absolute atomic E-state index is 12.4. The molecule has 0 aliphatic carbocycles. The number of nitro groups is 1. The van der Waals surface area contributed by atoms with Gasteiger partial charge in [-0.05, 0) is 38.1 Å². The van der Waals surface area contributed by atoms with Crippen LogP contribution in [0, 0.1) is 17.0 Å². The maximum atomic E-state index is 12.4. The molecule has 2 aromatic carbocycles. The van der Waals surface area contributed by atoms with Gasteiger partial charge in [-0.1, -0.05) is 29.5 Å². The molecule has 1 N–H and O–H groups in total. The summed E-state index contributed by atoms with van der Waals surface area (Å²) < 4.78 is 32.1. The highest BCUT2D eigenvalue weighted by Crippen LogP contribution is 2.36. The normalized spacial score (nSPS) is 12.7. The predicted octanol–water partition coefficient (Wildman–Crippen LogP) is 3.37. The van der Waals surface area contributed by atoms with Crippen molar-refractivity contribution in [2.24, 2.45) is 0 Å². The number of nitro benzene ring substituents is 1. The summed E-state index contributed by atoms with van der Waals surface area (Å²) >= 11 is 1.22. The SMILES string of the molecule is COC[C@H](C)NS(=O)(=O)c1ccc(Sc2ccc(C)cc2)c([N+](=O)[O-])c1. The molecule has 0 aliphatic heterocycles. The van der Waals surface area contributed by atoms with Crippen molar-refractivity contribution < 1.29 is 18.1 Å². The Morgan fingerprint density at radius 3 is 2.46 bits per heavy atom. The average molecular weight is 396 g/mol. The minimum absolute atomic E-state index is 0.152. The van der Waals surface area contributed by atoms with E-state index in [1.807, 2.05) is 31.2 Å². The summed E-state index contributed by atoms with van der Waals surface area (Å²) in [4.78, 5) is 11.9. The standard InChI is InChI=1S/C17H20N2O5S2/c1-12-4-6-14(7-5-12)25-17-9-8-15(10-16(17)19(20)21)26(22,23)18-13(2)11-24-3/h4-10,13,18H,11H2,1-3H3/t13-/m0/s1. The van der Waals surface area contributed by atoms with Gasteiger partial charge in [-0.25, -0.2) is 13.1 Å². The van der Waals surface area contributed by atoms with Crippen molar-refractivity contribution in [2.75, 3.05) is 13.7 Å². The van der Waals surface area contributed by atoms with Gasteiger partial charge in [0.1, 0.15) is 0 Å². The van der Waals surface area contributed by atoms with Crippen LogP contribution in [0.25, 0.3) is 0 Å². The molecule has 0 aromatic heterocycles. The lowest BCUT2D eigenvalue weighted by Crippen LogP contribution is -2.35. The Kier molecular flexibility index (Phi) is 6.76. The van der Waals surface area contributed by atoms with Crippen molar-refractivity contribution in [1.29, 1.82) is 0 Å². The highest BCUT2D eigenvalue weighted by Gasteiger charge is 2.23. The lowest BCUT2D eigenvalue weighted by atomic mass is 10.2. The van der Waals surface area contributed by atoms with Crippen molar-refractivity contribution in [2.45, 2.75) is 34.6 Å². The summed E-state index contributed by atoms with van der Waals surface area (Å²) in [5, 5.41) is 11.4. The van der Waals surface area contributed by atoms with Crippen molar-refractivity contribution >= 4 is 27.5 Å². The molecule has 2 aromatic rings. The van der Waals surface area contributed by atoms with E-state index in [0.717, 1.165) is 16.5 Å². The minimum atomic E-state index is -3.88. The molecule has 0 saturated heterocycles. The molecule has 140 valence electrons. The van der Waals surface area contributed by atoms with E-state index in [4.69, 9.17) is 4.74 Å². The van der Waals surface area contributed by atoms with Gasteiger partial charge in [0.25, 0.3) is 5.69 Å². The highest BCUT2D eigenvalue weighted by molar-refractivity contribution is 7.99. The van der Waals surface area contributed by atoms with Crippen LogP contribution in [-0.2, 0) is 14.8 Å². The molecule has 2 rings (SSSR count). The van der Waals surface area contributed by atoms with E-state index in [0.29, 0.717) is 4.90 Å². The Bertz CT molecular complexity index is 883. The lowest BCUT2D eigenvalue weighted by molar-refractivity contribution is -0.388. The van der Waals surface area contributed by atoms with Crippen LogP contribution < -0.4 is 4.72 Å². The first kappa shape index (κ1) is 20.4. The number of hydrogen-bond acceptors (Lipinski definition) is 6. The van der Waals surface area contributed by atoms with Crippen LogP contribution in [0.5, 0.6) is 0 Å². The molecule has 0 fully saturated rings. The zero-order valence-electron chi connectivity index (χ0n) is 14.6. The van der Waals surface area contributed by atoms with Crippen molar-refractivity contribution in [1.82, 2.24) is 4.72 Å². The van der Waals surface area contributed by atoms with Gasteiger partial charge in [-0.2, -0.15) is 0 Å². The van der Waals surface area contributed by atoms with Crippen LogP contribution in [0.4, 0.5) is 5.69 Å². The molecular formula is C17H20N2O5S2. The number of ether oxygens (including phenoxy) is 1. The van der Waals surface area contributed by atoms with E-state index < -0.39 is 21.0 Å². The molecule has 0 heterocycles. The summed E-state index contributed by atoms with van der Waals surface area (Å²) in [5.74, 6) is 0. The summed E-state index contributed by atoms with van der Waals surface area (Å²) in [5.41, 5.74) is 0.833. The quantitative estimate of drug-likeness (QED) is 0.543. The Labute approximate surface area is 157 Å². The van der Waals surface area contributed by atoms with Gasteiger partial charge in [0.15, 0.2) is 0 Å². The zero-order chi connectivity index (χ0) is 19.3. The second kappa shape index (κ2) is 8.63. The summed E-state index contributed by atoms with van der Waals surface area (Å²) in [6, 6.07) is 11.0. The number of sulfonamides is 1. The van der Waals surface area contributed by atoms with Crippen LogP contribution in [0.2, 0.25) is 0 Å². The van der Waals surface area contributed by atoms with E-state index in [1.165, 1.54) is 31.0 Å². The van der Waals surface area contributed by atoms with Gasteiger partial charge in [0.2, 0.25) is 10.0 Å². The first-order valence-corrected chi connectivity index (χ1v) is 10.1. The summed E-state index contributed by atoms with van der Waals surface area (Å²) in [6.45, 7) is 3.80. The molecular weight excluding hydrogens is 376 g/mol. The van der Waals surface area contributed by atoms with Gasteiger partial charge in [0.05, 0.1) is 21.3 Å². The molecule has 9 heteroatoms. The fraction of sp³-hybridized carbons (Fsp3) is 0.294. The molecule has 7 nitrogen and oxygen atoms in total. The van der Waals surface area contributed by atoms with E-state index >= 15 is 0 Å². The molecule has 1 atom stereocenters. The van der Waals surface area contributed by atoms with Gasteiger partial charge in [0, 0.05) is 24.1 Å². The molecule has 0 bridgehead atoms. The molecule has 0 radical (unpaired) electrons. The fourth-order valence-electron chi connectivity index (χ4n) is 2.24. The summed E-state index contributed by atoms with van der Waals surface area (Å²) in [6.07, 6.45) is 0. The average Bonchev–Trinajstić information content (AvgIpc) is 2.56. The topological polar surface area (TPSA) is 98.5 Å². The second-order valence-corrected chi connectivity index (χ2v) is 8.61. The Morgan fingerprint density at radius 2 is 1.88 bits per heavy atom. The molecule has 0 unspecified atom stereocenters. The van der Waals surface area contributed by atoms with Gasteiger partial charge < -0.3 is 4.74 Å². The smallest absolute Gasteiger partial charge is 0.284 e. The van der Waals surface area contributed by atoms with E-state index in [9.17, 15) is 18.5 Å². The molecule has 0 spiro atoms. The van der Waals surface area contributed by atoms with Gasteiger partial charge >= 0.3 is 0 Å². The number of aryl methyl sites for hydroxylation is 1. The highest BCUT2D eigenvalue weighted by atomic mass is 32.2. The molecule has 26 heavy (non-hydrogen) atoms. The van der Waals surface area contributed by atoms with Crippen LogP contribution in [0.15, 0.2) is 57.2 Å². The minimum Gasteiger partial charge on any atom is -0.383 e. The zero-order valence-corrected chi connectivity index (χ0v) is 16.3. The molecule has 0 aliphatic rings. The van der Waals surface area contributed by atoms with Crippen molar-refractivity contribution in [3.8, 4) is 0 Å². The Morgan fingerprint density at radius 1 is 1.23 bits per heavy atom. The molecule has 0 amide bonds. The summed E-state index contributed by atoms with van der Waals surface area (Å²) in [7, 11) is -2.41. The number of rotatable bonds is 8. The fourth-order valence-corrected chi connectivity index (χ4v) is 4.39. The number of nitrogens with one attached hydrogen (secondary N) is 1. The van der Waals surface area contributed by atoms with Crippen molar-refractivity contribution in [3.63, 3.8) is 0 Å². The first-order chi connectivity index (χ1) is 12.2. The monoisotopic (exact) mass is 396 g/mol. The second-order valence-electron chi connectivity index (χ2n) is 5.78. The van der Waals surface area contributed by atoms with Crippen molar-refractivity contribution in [3.05, 3.63) is 58.1 Å². The number of benzene rings is 2. The number of hydrogen-bond donors (Lipinski definition) is 1. The Balaban J connectivity index is 2.33. The van der Waals surface area contributed by atoms with Crippen LogP contribution in [-0.4, -0.2) is 33.1 Å². The van der Waals surface area contributed by atoms with E-state index in [-0.39, 0.29) is 17.2 Å². The Hall–Kier alpha value is -1.94. The van der Waals surface area contributed by atoms with Crippen LogP contribution in [0.1, 0.15) is 12.5 Å². The third kappa shape index (κ3) is 5.28. The maximum Gasteiger partial charge on any atom is 0.284 e. The lowest BCUT2D eigenvalue weighted by Gasteiger charge is -2.13.